The summed E-state index contributed by atoms with van der Waals surface area (Å²) in [6.45, 7) is 0.479. The standard InChI is InChI=1S/C17H16ClFN2O3S/c18-13-10-11(3-4-14(13)19)21-8-6-17(24,16(21)23)15(22)20-7-5-12-2-1-9-25-12/h1-4,9-10,24H,5-8H2,(H,20,22)/t17-/m0/s1. The van der Waals surface area contributed by atoms with Gasteiger partial charge >= 0.3 is 0 Å². The summed E-state index contributed by atoms with van der Waals surface area (Å²) in [5.74, 6) is -2.05. The molecule has 1 fully saturated rings. The molecule has 0 bridgehead atoms. The van der Waals surface area contributed by atoms with Crippen molar-refractivity contribution in [3.8, 4) is 0 Å². The van der Waals surface area contributed by atoms with Crippen LogP contribution in [0.25, 0.3) is 0 Å². The second kappa shape index (κ2) is 7.11. The maximum Gasteiger partial charge on any atom is 0.268 e. The van der Waals surface area contributed by atoms with E-state index in [1.54, 1.807) is 11.3 Å². The lowest BCUT2D eigenvalue weighted by molar-refractivity contribution is -0.149. The molecule has 0 spiro atoms. The molecule has 2 amide bonds. The Morgan fingerprint density at radius 2 is 2.24 bits per heavy atom. The average Bonchev–Trinajstić information content (AvgIpc) is 3.20. The summed E-state index contributed by atoms with van der Waals surface area (Å²) >= 11 is 7.31. The minimum Gasteiger partial charge on any atom is -0.372 e. The number of nitrogens with one attached hydrogen (secondary N) is 1. The molecular weight excluding hydrogens is 367 g/mol. The van der Waals surface area contributed by atoms with Gasteiger partial charge in [-0.15, -0.1) is 11.3 Å². The number of carbonyl (C=O) groups excluding carboxylic acids is 2. The summed E-state index contributed by atoms with van der Waals surface area (Å²) < 4.78 is 13.3. The molecule has 0 unspecified atom stereocenters. The fourth-order valence-corrected chi connectivity index (χ4v) is 3.60. The second-order valence-electron chi connectivity index (χ2n) is 5.75. The van der Waals surface area contributed by atoms with Gasteiger partial charge in [0.15, 0.2) is 0 Å². The molecule has 2 heterocycles. The first-order valence-electron chi connectivity index (χ1n) is 7.72. The molecule has 1 aromatic heterocycles. The predicted octanol–water partition coefficient (Wildman–Crippen LogP) is 2.37. The minimum atomic E-state index is -2.11. The normalized spacial score (nSPS) is 20.1. The zero-order valence-corrected chi connectivity index (χ0v) is 14.7. The van der Waals surface area contributed by atoms with E-state index >= 15 is 0 Å². The number of halogens is 2. The van der Waals surface area contributed by atoms with Crippen LogP contribution in [-0.2, 0) is 16.0 Å². The summed E-state index contributed by atoms with van der Waals surface area (Å²) in [5.41, 5.74) is -1.77. The van der Waals surface area contributed by atoms with E-state index in [4.69, 9.17) is 11.6 Å². The Bertz CT molecular complexity index is 799. The van der Waals surface area contributed by atoms with Crippen molar-refractivity contribution in [1.82, 2.24) is 5.32 Å². The molecule has 1 aliphatic rings. The van der Waals surface area contributed by atoms with Crippen molar-refractivity contribution in [3.05, 3.63) is 51.4 Å². The first-order valence-corrected chi connectivity index (χ1v) is 8.97. The summed E-state index contributed by atoms with van der Waals surface area (Å²) in [4.78, 5) is 27.2. The molecule has 132 valence electrons. The maximum absolute atomic E-state index is 13.3. The first kappa shape index (κ1) is 17.8. The third-order valence-corrected chi connectivity index (χ3v) is 5.35. The van der Waals surface area contributed by atoms with E-state index in [0.29, 0.717) is 18.7 Å². The third-order valence-electron chi connectivity index (χ3n) is 4.12. The maximum atomic E-state index is 13.3. The van der Waals surface area contributed by atoms with Crippen LogP contribution >= 0.6 is 22.9 Å². The Balaban J connectivity index is 1.66. The third kappa shape index (κ3) is 3.53. The number of hydrogen-bond acceptors (Lipinski definition) is 4. The fraction of sp³-hybridized carbons (Fsp3) is 0.294. The molecule has 2 aromatic rings. The van der Waals surface area contributed by atoms with Gasteiger partial charge in [0, 0.05) is 30.1 Å². The number of amides is 2. The molecular formula is C17H16ClFN2O3S. The van der Waals surface area contributed by atoms with E-state index in [2.05, 4.69) is 5.32 Å². The monoisotopic (exact) mass is 382 g/mol. The first-order chi connectivity index (χ1) is 11.9. The highest BCUT2D eigenvalue weighted by atomic mass is 35.5. The fourth-order valence-electron chi connectivity index (χ4n) is 2.72. The van der Waals surface area contributed by atoms with Crippen LogP contribution in [0.4, 0.5) is 10.1 Å². The smallest absolute Gasteiger partial charge is 0.268 e. The number of thiophene rings is 1. The van der Waals surface area contributed by atoms with Crippen molar-refractivity contribution in [2.75, 3.05) is 18.0 Å². The van der Waals surface area contributed by atoms with Crippen LogP contribution in [-0.4, -0.2) is 35.6 Å². The molecule has 0 saturated carbocycles. The van der Waals surface area contributed by atoms with E-state index in [1.807, 2.05) is 17.5 Å². The number of aliphatic hydroxyl groups is 1. The highest BCUT2D eigenvalue weighted by Crippen LogP contribution is 2.31. The lowest BCUT2D eigenvalue weighted by Crippen LogP contribution is -2.52. The molecule has 0 radical (unpaired) electrons. The molecule has 0 aliphatic carbocycles. The van der Waals surface area contributed by atoms with Gasteiger partial charge in [-0.3, -0.25) is 9.59 Å². The van der Waals surface area contributed by atoms with Crippen molar-refractivity contribution in [2.24, 2.45) is 0 Å². The zero-order chi connectivity index (χ0) is 18.0. The van der Waals surface area contributed by atoms with E-state index in [9.17, 15) is 19.1 Å². The highest BCUT2D eigenvalue weighted by Gasteiger charge is 2.51. The molecule has 3 rings (SSSR count). The number of hydrogen-bond donors (Lipinski definition) is 2. The Kier molecular flexibility index (Phi) is 5.08. The van der Waals surface area contributed by atoms with Gasteiger partial charge in [0.25, 0.3) is 11.8 Å². The SMILES string of the molecule is O=C(NCCc1cccs1)[C@@]1(O)CCN(c2ccc(F)c(Cl)c2)C1=O. The number of carbonyl (C=O) groups is 2. The van der Waals surface area contributed by atoms with Crippen molar-refractivity contribution in [2.45, 2.75) is 18.4 Å². The zero-order valence-electron chi connectivity index (χ0n) is 13.2. The van der Waals surface area contributed by atoms with Crippen molar-refractivity contribution in [3.63, 3.8) is 0 Å². The van der Waals surface area contributed by atoms with Gasteiger partial charge in [0.1, 0.15) is 5.82 Å². The number of anilines is 1. The van der Waals surface area contributed by atoms with Gasteiger partial charge in [-0.1, -0.05) is 17.7 Å². The Morgan fingerprint density at radius 1 is 1.44 bits per heavy atom. The van der Waals surface area contributed by atoms with Gasteiger partial charge in [0.05, 0.1) is 5.02 Å². The van der Waals surface area contributed by atoms with Crippen LogP contribution in [0.5, 0.6) is 0 Å². The minimum absolute atomic E-state index is 0.0360. The van der Waals surface area contributed by atoms with Crippen molar-refractivity contribution < 1.29 is 19.1 Å². The van der Waals surface area contributed by atoms with Crippen LogP contribution in [0.15, 0.2) is 35.7 Å². The topological polar surface area (TPSA) is 69.6 Å². The van der Waals surface area contributed by atoms with Gasteiger partial charge in [-0.25, -0.2) is 4.39 Å². The largest absolute Gasteiger partial charge is 0.372 e. The molecule has 1 aromatic carbocycles. The van der Waals surface area contributed by atoms with Crippen molar-refractivity contribution in [1.29, 1.82) is 0 Å². The molecule has 8 heteroatoms. The lowest BCUT2D eigenvalue weighted by Gasteiger charge is -2.22. The van der Waals surface area contributed by atoms with Crippen molar-refractivity contribution >= 4 is 40.4 Å². The van der Waals surface area contributed by atoms with E-state index in [1.165, 1.54) is 17.0 Å². The summed E-state index contributed by atoms with van der Waals surface area (Å²) in [6.07, 6.45) is 0.594. The molecule has 1 atom stereocenters. The van der Waals surface area contributed by atoms with Crippen LogP contribution in [0.3, 0.4) is 0 Å². The van der Waals surface area contributed by atoms with E-state index < -0.39 is 23.2 Å². The molecule has 1 aliphatic heterocycles. The number of benzene rings is 1. The predicted molar refractivity (Wildman–Crippen MR) is 94.4 cm³/mol. The van der Waals surface area contributed by atoms with Gasteiger partial charge in [-0.05, 0) is 36.1 Å². The summed E-state index contributed by atoms with van der Waals surface area (Å²) in [6, 6.07) is 7.70. The second-order valence-corrected chi connectivity index (χ2v) is 7.19. The Hall–Kier alpha value is -1.96. The summed E-state index contributed by atoms with van der Waals surface area (Å²) in [5, 5.41) is 15.0. The Labute approximate surface area is 153 Å². The lowest BCUT2D eigenvalue weighted by atomic mass is 10.0. The van der Waals surface area contributed by atoms with Gasteiger partial charge in [0.2, 0.25) is 5.60 Å². The quantitative estimate of drug-likeness (QED) is 0.780. The van der Waals surface area contributed by atoms with E-state index in [-0.39, 0.29) is 18.0 Å². The number of rotatable bonds is 5. The van der Waals surface area contributed by atoms with Crippen LogP contribution in [0, 0.1) is 5.82 Å². The molecule has 1 saturated heterocycles. The van der Waals surface area contributed by atoms with Crippen LogP contribution in [0.1, 0.15) is 11.3 Å². The average molecular weight is 383 g/mol. The molecule has 5 nitrogen and oxygen atoms in total. The van der Waals surface area contributed by atoms with E-state index in [0.717, 1.165) is 10.9 Å². The summed E-state index contributed by atoms with van der Waals surface area (Å²) in [7, 11) is 0. The molecule has 2 N–H and O–H groups in total. The van der Waals surface area contributed by atoms with Gasteiger partial charge < -0.3 is 15.3 Å². The van der Waals surface area contributed by atoms with Crippen LogP contribution < -0.4 is 10.2 Å². The highest BCUT2D eigenvalue weighted by molar-refractivity contribution is 7.09. The Morgan fingerprint density at radius 3 is 2.92 bits per heavy atom. The molecule has 25 heavy (non-hydrogen) atoms. The van der Waals surface area contributed by atoms with Gasteiger partial charge in [-0.2, -0.15) is 0 Å². The van der Waals surface area contributed by atoms with Crippen LogP contribution in [0.2, 0.25) is 5.02 Å². The number of nitrogens with zero attached hydrogens (tertiary/aromatic N) is 1.